The maximum atomic E-state index is 12.7. The van der Waals surface area contributed by atoms with Gasteiger partial charge in [-0.05, 0) is 49.4 Å². The van der Waals surface area contributed by atoms with Crippen LogP contribution in [0.2, 0.25) is 5.02 Å². The molecule has 1 unspecified atom stereocenters. The second-order valence-corrected chi connectivity index (χ2v) is 6.88. The van der Waals surface area contributed by atoms with Crippen LogP contribution in [0, 0.1) is 5.92 Å². The van der Waals surface area contributed by atoms with Crippen molar-refractivity contribution in [1.29, 1.82) is 0 Å². The molecule has 4 heteroatoms. The topological polar surface area (TPSA) is 29.5 Å². The summed E-state index contributed by atoms with van der Waals surface area (Å²) in [7, 11) is 1.65. The van der Waals surface area contributed by atoms with Crippen LogP contribution in [0.5, 0.6) is 5.75 Å². The highest BCUT2D eigenvalue weighted by molar-refractivity contribution is 6.31. The van der Waals surface area contributed by atoms with E-state index in [4.69, 9.17) is 16.3 Å². The first-order valence-electron chi connectivity index (χ1n) is 8.32. The fourth-order valence-corrected chi connectivity index (χ4v) is 4.00. The molecular weight excluding hydrogens is 298 g/mol. The van der Waals surface area contributed by atoms with Crippen LogP contribution in [-0.2, 0) is 11.2 Å². The van der Waals surface area contributed by atoms with E-state index in [1.165, 1.54) is 32.1 Å². The molecule has 0 radical (unpaired) electrons. The van der Waals surface area contributed by atoms with Crippen LogP contribution in [-0.4, -0.2) is 30.5 Å². The number of carbonyl (C=O) groups is 1. The van der Waals surface area contributed by atoms with E-state index in [1.54, 1.807) is 7.11 Å². The molecule has 1 amide bonds. The van der Waals surface area contributed by atoms with Gasteiger partial charge >= 0.3 is 0 Å². The number of ether oxygens (including phenoxy) is 1. The largest absolute Gasteiger partial charge is 0.497 e. The van der Waals surface area contributed by atoms with Gasteiger partial charge in [-0.1, -0.05) is 30.9 Å². The molecule has 2 aliphatic rings. The van der Waals surface area contributed by atoms with Crippen LogP contribution in [0.4, 0.5) is 0 Å². The number of hydrogen-bond acceptors (Lipinski definition) is 2. The van der Waals surface area contributed by atoms with Gasteiger partial charge in [-0.15, -0.1) is 0 Å². The number of likely N-dealkylation sites (tertiary alicyclic amines) is 1. The van der Waals surface area contributed by atoms with Crippen molar-refractivity contribution in [2.75, 3.05) is 13.7 Å². The molecule has 1 aromatic carbocycles. The summed E-state index contributed by atoms with van der Waals surface area (Å²) < 4.78 is 5.26. The minimum atomic E-state index is 0.0755. The standard InChI is InChI=1S/C18H24ClNO2/c1-22-16-7-8-17(19)14(12-16)11-13-9-10-20(18(13)21)15-5-3-2-4-6-15/h7-8,12-13,15H,2-6,9-11H2,1H3. The van der Waals surface area contributed by atoms with Gasteiger partial charge in [-0.25, -0.2) is 0 Å². The summed E-state index contributed by atoms with van der Waals surface area (Å²) >= 11 is 6.28. The minimum Gasteiger partial charge on any atom is -0.497 e. The van der Waals surface area contributed by atoms with Crippen molar-refractivity contribution in [2.45, 2.75) is 51.0 Å². The average Bonchev–Trinajstić information content (AvgIpc) is 2.91. The molecule has 2 fully saturated rings. The zero-order valence-electron chi connectivity index (χ0n) is 13.2. The maximum absolute atomic E-state index is 12.7. The number of amides is 1. The zero-order chi connectivity index (χ0) is 15.5. The molecule has 1 aliphatic carbocycles. The third kappa shape index (κ3) is 3.24. The Morgan fingerprint density at radius 3 is 2.73 bits per heavy atom. The molecule has 1 saturated carbocycles. The van der Waals surface area contributed by atoms with E-state index in [0.717, 1.165) is 35.7 Å². The lowest BCUT2D eigenvalue weighted by Crippen LogP contribution is -2.39. The summed E-state index contributed by atoms with van der Waals surface area (Å²) in [6.07, 6.45) is 7.88. The van der Waals surface area contributed by atoms with Crippen molar-refractivity contribution in [3.05, 3.63) is 28.8 Å². The number of hydrogen-bond donors (Lipinski definition) is 0. The Bertz CT molecular complexity index is 540. The van der Waals surface area contributed by atoms with Crippen LogP contribution >= 0.6 is 11.6 Å². The van der Waals surface area contributed by atoms with Gasteiger partial charge in [-0.3, -0.25) is 4.79 Å². The Balaban J connectivity index is 1.67. The van der Waals surface area contributed by atoms with Crippen LogP contribution in [0.25, 0.3) is 0 Å². The van der Waals surface area contributed by atoms with E-state index in [2.05, 4.69) is 4.90 Å². The lowest BCUT2D eigenvalue weighted by Gasteiger charge is -2.31. The molecule has 1 aromatic rings. The molecule has 3 nitrogen and oxygen atoms in total. The average molecular weight is 322 g/mol. The number of methoxy groups -OCH3 is 1. The van der Waals surface area contributed by atoms with E-state index >= 15 is 0 Å². The van der Waals surface area contributed by atoms with Crippen molar-refractivity contribution in [2.24, 2.45) is 5.92 Å². The van der Waals surface area contributed by atoms with Crippen molar-refractivity contribution in [1.82, 2.24) is 4.90 Å². The Hall–Kier alpha value is -1.22. The van der Waals surface area contributed by atoms with Crippen molar-refractivity contribution in [3.63, 3.8) is 0 Å². The maximum Gasteiger partial charge on any atom is 0.226 e. The quantitative estimate of drug-likeness (QED) is 0.836. The molecule has 1 atom stereocenters. The Kier molecular flexibility index (Phi) is 4.92. The Morgan fingerprint density at radius 2 is 2.00 bits per heavy atom. The van der Waals surface area contributed by atoms with Gasteiger partial charge < -0.3 is 9.64 Å². The number of benzene rings is 1. The van der Waals surface area contributed by atoms with Gasteiger partial charge in [0.05, 0.1) is 7.11 Å². The van der Waals surface area contributed by atoms with E-state index < -0.39 is 0 Å². The first kappa shape index (κ1) is 15.7. The smallest absolute Gasteiger partial charge is 0.226 e. The summed E-state index contributed by atoms with van der Waals surface area (Å²) in [6.45, 7) is 0.912. The van der Waals surface area contributed by atoms with Gasteiger partial charge in [0.1, 0.15) is 5.75 Å². The summed E-state index contributed by atoms with van der Waals surface area (Å²) in [5, 5.41) is 0.727. The number of rotatable bonds is 4. The van der Waals surface area contributed by atoms with Crippen molar-refractivity contribution < 1.29 is 9.53 Å². The van der Waals surface area contributed by atoms with Crippen molar-refractivity contribution >= 4 is 17.5 Å². The normalized spacial score (nSPS) is 23.1. The predicted octanol–water partition coefficient (Wildman–Crippen LogP) is 4.07. The number of nitrogens with zero attached hydrogens (tertiary/aromatic N) is 1. The molecule has 1 aliphatic heterocycles. The van der Waals surface area contributed by atoms with Gasteiger partial charge in [0.25, 0.3) is 0 Å². The Labute approximate surface area is 137 Å². The number of halogens is 1. The first-order valence-corrected chi connectivity index (χ1v) is 8.69. The second kappa shape index (κ2) is 6.91. The highest BCUT2D eigenvalue weighted by atomic mass is 35.5. The monoisotopic (exact) mass is 321 g/mol. The summed E-state index contributed by atoms with van der Waals surface area (Å²) in [5.74, 6) is 1.20. The fourth-order valence-electron chi connectivity index (χ4n) is 3.81. The van der Waals surface area contributed by atoms with E-state index in [1.807, 2.05) is 18.2 Å². The SMILES string of the molecule is COc1ccc(Cl)c(CC2CCN(C3CCCCC3)C2=O)c1. The molecule has 0 spiro atoms. The third-order valence-corrected chi connectivity index (χ3v) is 5.45. The van der Waals surface area contributed by atoms with Gasteiger partial charge in [0, 0.05) is 23.5 Å². The Morgan fingerprint density at radius 1 is 1.23 bits per heavy atom. The molecule has 120 valence electrons. The molecule has 1 heterocycles. The molecule has 0 aromatic heterocycles. The highest BCUT2D eigenvalue weighted by Crippen LogP contribution is 2.32. The van der Waals surface area contributed by atoms with Crippen molar-refractivity contribution in [3.8, 4) is 5.75 Å². The summed E-state index contributed by atoms with van der Waals surface area (Å²) in [5.41, 5.74) is 1.02. The van der Waals surface area contributed by atoms with Gasteiger partial charge in [-0.2, -0.15) is 0 Å². The van der Waals surface area contributed by atoms with Crippen LogP contribution in [0.15, 0.2) is 18.2 Å². The van der Waals surface area contributed by atoms with Crippen LogP contribution in [0.1, 0.15) is 44.1 Å². The van der Waals surface area contributed by atoms with Crippen LogP contribution in [0.3, 0.4) is 0 Å². The predicted molar refractivity (Wildman–Crippen MR) is 88.4 cm³/mol. The lowest BCUT2D eigenvalue weighted by atomic mass is 9.94. The third-order valence-electron chi connectivity index (χ3n) is 5.09. The fraction of sp³-hybridized carbons (Fsp3) is 0.611. The summed E-state index contributed by atoms with van der Waals surface area (Å²) in [4.78, 5) is 14.9. The molecule has 0 bridgehead atoms. The first-order chi connectivity index (χ1) is 10.7. The molecule has 1 saturated heterocycles. The van der Waals surface area contributed by atoms with Crippen LogP contribution < -0.4 is 4.74 Å². The summed E-state index contributed by atoms with van der Waals surface area (Å²) in [6, 6.07) is 6.15. The van der Waals surface area contributed by atoms with E-state index in [-0.39, 0.29) is 5.92 Å². The van der Waals surface area contributed by atoms with E-state index in [0.29, 0.717) is 11.9 Å². The molecule has 0 N–H and O–H groups in total. The molecular formula is C18H24ClNO2. The lowest BCUT2D eigenvalue weighted by molar-refractivity contribution is -0.133. The second-order valence-electron chi connectivity index (χ2n) is 6.47. The zero-order valence-corrected chi connectivity index (χ0v) is 13.9. The van der Waals surface area contributed by atoms with Gasteiger partial charge in [0.15, 0.2) is 0 Å². The van der Waals surface area contributed by atoms with E-state index in [9.17, 15) is 4.79 Å². The molecule has 3 rings (SSSR count). The van der Waals surface area contributed by atoms with Gasteiger partial charge in [0.2, 0.25) is 5.91 Å². The highest BCUT2D eigenvalue weighted by Gasteiger charge is 2.36. The molecule has 22 heavy (non-hydrogen) atoms. The number of carbonyl (C=O) groups excluding carboxylic acids is 1. The minimum absolute atomic E-state index is 0.0755.